The van der Waals surface area contributed by atoms with Gasteiger partial charge in [-0.25, -0.2) is 0 Å². The van der Waals surface area contributed by atoms with Gasteiger partial charge < -0.3 is 39.4 Å². The second-order valence-electron chi connectivity index (χ2n) is 17.5. The minimum Gasteiger partial charge on any atom is -0.507 e. The molecule has 12 heteroatoms. The summed E-state index contributed by atoms with van der Waals surface area (Å²) < 4.78 is 18.8. The Labute approximate surface area is 444 Å². The van der Waals surface area contributed by atoms with E-state index >= 15 is 0 Å². The standard InChI is InChI=1S/4C16H16O3/c4*1-11(16(18)19-2)13-8-9-14(15(17)10-13)12-6-4-3-5-7-12/h4*3-11,17H,1-2H3/t4*11-/m0000/s1. The van der Waals surface area contributed by atoms with E-state index in [2.05, 4.69) is 0 Å². The molecule has 8 rings (SSSR count). The first-order valence-electron chi connectivity index (χ1n) is 24.4. The van der Waals surface area contributed by atoms with Gasteiger partial charge in [0.25, 0.3) is 0 Å². The number of carbonyl (C=O) groups excluding carboxylic acids is 4. The Bertz CT molecular complexity index is 2730. The molecule has 0 bridgehead atoms. The van der Waals surface area contributed by atoms with E-state index in [1.165, 1.54) is 28.4 Å². The number of aromatic hydroxyl groups is 4. The van der Waals surface area contributed by atoms with Crippen LogP contribution in [0.3, 0.4) is 0 Å². The molecule has 0 heterocycles. The second kappa shape index (κ2) is 28.3. The van der Waals surface area contributed by atoms with Crippen LogP contribution < -0.4 is 0 Å². The van der Waals surface area contributed by atoms with E-state index in [0.29, 0.717) is 0 Å². The SMILES string of the molecule is COC(=O)[C@@H](C)c1ccc(-c2ccccc2)c(O)c1.COC(=O)[C@@H](C)c1ccc(-c2ccccc2)c(O)c1.COC(=O)[C@@H](C)c1ccc(-c2ccccc2)c(O)c1.COC(=O)[C@@H](C)c1ccc(-c2ccccc2)c(O)c1. The van der Waals surface area contributed by atoms with Crippen molar-refractivity contribution in [1.82, 2.24) is 0 Å². The number of carbonyl (C=O) groups is 4. The second-order valence-corrected chi connectivity index (χ2v) is 17.5. The highest BCUT2D eigenvalue weighted by Crippen LogP contribution is 2.36. The molecule has 0 saturated carbocycles. The average Bonchev–Trinajstić information content (AvgIpc) is 3.46. The molecule has 8 aromatic rings. The minimum atomic E-state index is -0.388. The maximum Gasteiger partial charge on any atom is 0.312 e. The minimum absolute atomic E-state index is 0.166. The fourth-order valence-corrected chi connectivity index (χ4v) is 7.97. The Kier molecular flexibility index (Phi) is 21.5. The predicted molar refractivity (Wildman–Crippen MR) is 296 cm³/mol. The smallest absolute Gasteiger partial charge is 0.312 e. The molecule has 0 aromatic heterocycles. The van der Waals surface area contributed by atoms with E-state index in [4.69, 9.17) is 18.9 Å². The summed E-state index contributed by atoms with van der Waals surface area (Å²) in [6, 6.07) is 59.5. The van der Waals surface area contributed by atoms with Crippen molar-refractivity contribution in [3.05, 3.63) is 216 Å². The van der Waals surface area contributed by atoms with Crippen molar-refractivity contribution in [2.24, 2.45) is 0 Å². The number of phenolic OH excluding ortho intramolecular Hbond substituents is 4. The number of methoxy groups -OCH3 is 4. The van der Waals surface area contributed by atoms with Gasteiger partial charge in [0.1, 0.15) is 23.0 Å². The number of phenols is 4. The van der Waals surface area contributed by atoms with Gasteiger partial charge in [0.05, 0.1) is 52.1 Å². The van der Waals surface area contributed by atoms with Crippen molar-refractivity contribution in [3.63, 3.8) is 0 Å². The molecule has 0 saturated heterocycles. The molecule has 4 N–H and O–H groups in total. The zero-order chi connectivity index (χ0) is 55.3. The molecule has 0 fully saturated rings. The number of hydrogen-bond donors (Lipinski definition) is 4. The molecule has 0 unspecified atom stereocenters. The summed E-state index contributed by atoms with van der Waals surface area (Å²) in [5, 5.41) is 40.4. The first kappa shape index (κ1) is 57.7. The lowest BCUT2D eigenvalue weighted by Crippen LogP contribution is -2.10. The monoisotopic (exact) mass is 1020 g/mol. The molecule has 8 aromatic carbocycles. The molecular weight excluding hydrogens is 961 g/mol. The molecule has 0 aliphatic rings. The van der Waals surface area contributed by atoms with Crippen LogP contribution in [0.4, 0.5) is 0 Å². The van der Waals surface area contributed by atoms with Gasteiger partial charge in [0.15, 0.2) is 0 Å². The summed E-state index contributed by atoms with van der Waals surface area (Å²) in [6.07, 6.45) is 0. The topological polar surface area (TPSA) is 186 Å². The summed E-state index contributed by atoms with van der Waals surface area (Å²) in [4.78, 5) is 45.9. The number of benzene rings is 8. The molecular formula is C64H64O12. The van der Waals surface area contributed by atoms with Crippen LogP contribution in [-0.4, -0.2) is 72.7 Å². The van der Waals surface area contributed by atoms with Crippen LogP contribution >= 0.6 is 0 Å². The zero-order valence-corrected chi connectivity index (χ0v) is 43.8. The van der Waals surface area contributed by atoms with Gasteiger partial charge in [-0.1, -0.05) is 170 Å². The fourth-order valence-electron chi connectivity index (χ4n) is 7.97. The molecule has 4 atom stereocenters. The lowest BCUT2D eigenvalue weighted by molar-refractivity contribution is -0.142. The van der Waals surface area contributed by atoms with Crippen LogP contribution in [0, 0.1) is 0 Å². The van der Waals surface area contributed by atoms with Crippen molar-refractivity contribution in [2.45, 2.75) is 51.4 Å². The number of ether oxygens (including phenoxy) is 4. The van der Waals surface area contributed by atoms with E-state index in [1.54, 1.807) is 52.0 Å². The lowest BCUT2D eigenvalue weighted by atomic mass is 9.96. The molecule has 0 aliphatic heterocycles. The Morgan fingerprint density at radius 1 is 0.289 bits per heavy atom. The van der Waals surface area contributed by atoms with Crippen LogP contribution in [-0.2, 0) is 38.1 Å². The summed E-state index contributed by atoms with van der Waals surface area (Å²) >= 11 is 0. The Morgan fingerprint density at radius 3 is 0.605 bits per heavy atom. The van der Waals surface area contributed by atoms with Gasteiger partial charge >= 0.3 is 23.9 Å². The third-order valence-electron chi connectivity index (χ3n) is 12.6. The highest BCUT2D eigenvalue weighted by molar-refractivity contribution is 5.82. The van der Waals surface area contributed by atoms with E-state index in [0.717, 1.165) is 66.8 Å². The van der Waals surface area contributed by atoms with E-state index < -0.39 is 0 Å². The van der Waals surface area contributed by atoms with Crippen molar-refractivity contribution in [2.75, 3.05) is 28.4 Å². The first-order valence-corrected chi connectivity index (χ1v) is 24.4. The van der Waals surface area contributed by atoms with E-state index in [1.807, 2.05) is 170 Å². The maximum atomic E-state index is 11.5. The molecule has 0 aliphatic carbocycles. The summed E-state index contributed by atoms with van der Waals surface area (Å²) in [5.41, 5.74) is 9.73. The summed E-state index contributed by atoms with van der Waals surface area (Å²) in [5.74, 6) is -2.14. The van der Waals surface area contributed by atoms with Crippen molar-refractivity contribution in [1.29, 1.82) is 0 Å². The van der Waals surface area contributed by atoms with E-state index in [9.17, 15) is 39.6 Å². The fraction of sp³-hybridized carbons (Fsp3) is 0.188. The number of esters is 4. The van der Waals surface area contributed by atoms with Gasteiger partial charge in [-0.2, -0.15) is 0 Å². The average molecular weight is 1030 g/mol. The zero-order valence-electron chi connectivity index (χ0n) is 43.8. The van der Waals surface area contributed by atoms with E-state index in [-0.39, 0.29) is 70.5 Å². The van der Waals surface area contributed by atoms with Gasteiger partial charge in [-0.15, -0.1) is 0 Å². The van der Waals surface area contributed by atoms with Gasteiger partial charge in [-0.05, 0) is 96.5 Å². The number of hydrogen-bond acceptors (Lipinski definition) is 12. The van der Waals surface area contributed by atoms with Crippen LogP contribution in [0.2, 0.25) is 0 Å². The van der Waals surface area contributed by atoms with Crippen molar-refractivity contribution in [3.8, 4) is 67.5 Å². The molecule has 76 heavy (non-hydrogen) atoms. The molecule has 0 radical (unpaired) electrons. The van der Waals surface area contributed by atoms with Crippen LogP contribution in [0.1, 0.15) is 73.6 Å². The van der Waals surface area contributed by atoms with Crippen LogP contribution in [0.15, 0.2) is 194 Å². The normalized spacial score (nSPS) is 11.9. The Hall–Kier alpha value is -9.16. The lowest BCUT2D eigenvalue weighted by Gasteiger charge is -2.12. The maximum absolute atomic E-state index is 11.5. The van der Waals surface area contributed by atoms with Crippen LogP contribution in [0.5, 0.6) is 23.0 Å². The van der Waals surface area contributed by atoms with Gasteiger partial charge in [-0.3, -0.25) is 19.2 Å². The Morgan fingerprint density at radius 2 is 0.461 bits per heavy atom. The molecule has 12 nitrogen and oxygen atoms in total. The summed E-state index contributed by atoms with van der Waals surface area (Å²) in [7, 11) is 5.43. The summed E-state index contributed by atoms with van der Waals surface area (Å²) in [6.45, 7) is 7.01. The van der Waals surface area contributed by atoms with Crippen LogP contribution in [0.25, 0.3) is 44.5 Å². The quantitative estimate of drug-likeness (QED) is 0.0671. The van der Waals surface area contributed by atoms with Crippen molar-refractivity contribution >= 4 is 23.9 Å². The van der Waals surface area contributed by atoms with Gasteiger partial charge in [0, 0.05) is 22.3 Å². The first-order chi connectivity index (χ1) is 36.5. The highest BCUT2D eigenvalue weighted by atomic mass is 16.5. The van der Waals surface area contributed by atoms with Crippen molar-refractivity contribution < 1.29 is 58.6 Å². The molecule has 392 valence electrons. The predicted octanol–water partition coefficient (Wildman–Crippen LogP) is 13.3. The number of rotatable bonds is 12. The highest BCUT2D eigenvalue weighted by Gasteiger charge is 2.21. The largest absolute Gasteiger partial charge is 0.507 e. The third-order valence-corrected chi connectivity index (χ3v) is 12.6. The Balaban J connectivity index is 0.000000187. The van der Waals surface area contributed by atoms with Gasteiger partial charge in [0.2, 0.25) is 0 Å². The molecule has 0 amide bonds. The molecule has 0 spiro atoms. The third kappa shape index (κ3) is 15.4.